The predicted octanol–water partition coefficient (Wildman–Crippen LogP) is 3.26. The first-order valence-electron chi connectivity index (χ1n) is 7.99. The molecule has 0 bridgehead atoms. The summed E-state index contributed by atoms with van der Waals surface area (Å²) in [5, 5.41) is 3.54. The van der Waals surface area contributed by atoms with E-state index in [1.54, 1.807) is 24.1 Å². The Bertz CT molecular complexity index is 822. The molecular formula is C19H19ClN2O3. The zero-order valence-corrected chi connectivity index (χ0v) is 14.8. The summed E-state index contributed by atoms with van der Waals surface area (Å²) in [6.07, 6.45) is -0.107. The summed E-state index contributed by atoms with van der Waals surface area (Å²) in [6, 6.07) is 12.8. The third-order valence-electron chi connectivity index (χ3n) is 4.21. The number of carbonyl (C=O) groups is 2. The van der Waals surface area contributed by atoms with Gasteiger partial charge in [0, 0.05) is 37.6 Å². The SMILES string of the molecule is CC(=O)N(C)Cc1ccccc1NC(=O)C1Cc2cc(Cl)ccc2O1. The lowest BCUT2D eigenvalue weighted by Crippen LogP contribution is -2.32. The summed E-state index contributed by atoms with van der Waals surface area (Å²) in [5.41, 5.74) is 2.47. The molecule has 1 unspecified atom stereocenters. The lowest BCUT2D eigenvalue weighted by molar-refractivity contribution is -0.128. The fourth-order valence-electron chi connectivity index (χ4n) is 2.72. The van der Waals surface area contributed by atoms with Gasteiger partial charge >= 0.3 is 0 Å². The summed E-state index contributed by atoms with van der Waals surface area (Å²) < 4.78 is 5.72. The Balaban J connectivity index is 1.71. The van der Waals surface area contributed by atoms with Gasteiger partial charge in [-0.2, -0.15) is 0 Å². The summed E-state index contributed by atoms with van der Waals surface area (Å²) in [4.78, 5) is 25.6. The topological polar surface area (TPSA) is 58.6 Å². The van der Waals surface area contributed by atoms with Gasteiger partial charge in [0.25, 0.3) is 5.91 Å². The molecule has 25 heavy (non-hydrogen) atoms. The molecule has 3 rings (SSSR count). The van der Waals surface area contributed by atoms with Crippen molar-refractivity contribution in [1.29, 1.82) is 0 Å². The second-order valence-electron chi connectivity index (χ2n) is 6.08. The Morgan fingerprint density at radius 1 is 1.28 bits per heavy atom. The Kier molecular flexibility index (Phi) is 4.95. The molecule has 1 heterocycles. The number of hydrogen-bond donors (Lipinski definition) is 1. The van der Waals surface area contributed by atoms with Crippen LogP contribution in [-0.2, 0) is 22.6 Å². The van der Waals surface area contributed by atoms with E-state index in [-0.39, 0.29) is 11.8 Å². The number of carbonyl (C=O) groups excluding carboxylic acids is 2. The highest BCUT2D eigenvalue weighted by molar-refractivity contribution is 6.30. The van der Waals surface area contributed by atoms with E-state index in [1.165, 1.54) is 6.92 Å². The van der Waals surface area contributed by atoms with Crippen molar-refractivity contribution in [2.75, 3.05) is 12.4 Å². The fourth-order valence-corrected chi connectivity index (χ4v) is 2.92. The highest BCUT2D eigenvalue weighted by atomic mass is 35.5. The van der Waals surface area contributed by atoms with Gasteiger partial charge in [-0.25, -0.2) is 0 Å². The summed E-state index contributed by atoms with van der Waals surface area (Å²) in [6.45, 7) is 1.93. The second-order valence-corrected chi connectivity index (χ2v) is 6.52. The van der Waals surface area contributed by atoms with Crippen LogP contribution in [0.3, 0.4) is 0 Å². The number of rotatable bonds is 4. The van der Waals surface area contributed by atoms with E-state index < -0.39 is 6.10 Å². The van der Waals surface area contributed by atoms with E-state index >= 15 is 0 Å². The number of ether oxygens (including phenoxy) is 1. The van der Waals surface area contributed by atoms with Crippen LogP contribution in [0.2, 0.25) is 5.02 Å². The minimum atomic E-state index is -0.591. The van der Waals surface area contributed by atoms with Crippen LogP contribution in [0, 0.1) is 0 Å². The monoisotopic (exact) mass is 358 g/mol. The van der Waals surface area contributed by atoms with Gasteiger partial charge < -0.3 is 15.0 Å². The molecule has 1 aliphatic heterocycles. The van der Waals surface area contributed by atoms with Gasteiger partial charge in [0.2, 0.25) is 5.91 Å². The van der Waals surface area contributed by atoms with Crippen LogP contribution < -0.4 is 10.1 Å². The van der Waals surface area contributed by atoms with Crippen LogP contribution in [0.4, 0.5) is 5.69 Å². The van der Waals surface area contributed by atoms with E-state index in [0.717, 1.165) is 11.1 Å². The van der Waals surface area contributed by atoms with E-state index in [0.29, 0.717) is 29.4 Å². The lowest BCUT2D eigenvalue weighted by atomic mass is 10.1. The number of nitrogens with zero attached hydrogens (tertiary/aromatic N) is 1. The van der Waals surface area contributed by atoms with Crippen LogP contribution in [0.25, 0.3) is 0 Å². The molecule has 2 aromatic carbocycles. The average molecular weight is 359 g/mol. The molecule has 0 fully saturated rings. The highest BCUT2D eigenvalue weighted by Crippen LogP contribution is 2.31. The normalized spacial score (nSPS) is 15.2. The summed E-state index contributed by atoms with van der Waals surface area (Å²) in [7, 11) is 1.72. The Labute approximate surface area is 151 Å². The minimum Gasteiger partial charge on any atom is -0.480 e. The van der Waals surface area contributed by atoms with Crippen molar-refractivity contribution in [1.82, 2.24) is 4.90 Å². The van der Waals surface area contributed by atoms with Gasteiger partial charge in [0.05, 0.1) is 0 Å². The number of nitrogens with one attached hydrogen (secondary N) is 1. The molecule has 0 aromatic heterocycles. The molecule has 5 nitrogen and oxygen atoms in total. The molecule has 1 aliphatic rings. The van der Waals surface area contributed by atoms with Crippen LogP contribution in [0.5, 0.6) is 5.75 Å². The van der Waals surface area contributed by atoms with Crippen LogP contribution >= 0.6 is 11.6 Å². The maximum atomic E-state index is 12.6. The van der Waals surface area contributed by atoms with E-state index in [1.807, 2.05) is 30.3 Å². The quantitative estimate of drug-likeness (QED) is 0.912. The Morgan fingerprint density at radius 3 is 2.80 bits per heavy atom. The number of benzene rings is 2. The third kappa shape index (κ3) is 3.94. The first-order valence-corrected chi connectivity index (χ1v) is 8.37. The number of fused-ring (bicyclic) bond motifs is 1. The molecule has 6 heteroatoms. The van der Waals surface area contributed by atoms with Gasteiger partial charge in [-0.3, -0.25) is 9.59 Å². The maximum absolute atomic E-state index is 12.6. The van der Waals surface area contributed by atoms with Crippen LogP contribution in [0.15, 0.2) is 42.5 Å². The molecule has 130 valence electrons. The number of anilines is 1. The van der Waals surface area contributed by atoms with Crippen molar-refractivity contribution in [3.8, 4) is 5.75 Å². The zero-order valence-electron chi connectivity index (χ0n) is 14.1. The molecule has 0 radical (unpaired) electrons. The number of halogens is 1. The highest BCUT2D eigenvalue weighted by Gasteiger charge is 2.29. The molecule has 0 saturated heterocycles. The van der Waals surface area contributed by atoms with Gasteiger partial charge in [-0.15, -0.1) is 0 Å². The van der Waals surface area contributed by atoms with Crippen molar-refractivity contribution >= 4 is 29.1 Å². The molecule has 0 saturated carbocycles. The lowest BCUT2D eigenvalue weighted by Gasteiger charge is -2.19. The fraction of sp³-hybridized carbons (Fsp3) is 0.263. The molecular weight excluding hydrogens is 340 g/mol. The maximum Gasteiger partial charge on any atom is 0.265 e. The van der Waals surface area contributed by atoms with E-state index in [9.17, 15) is 9.59 Å². The Hall–Kier alpha value is -2.53. The van der Waals surface area contributed by atoms with Gasteiger partial charge in [0.1, 0.15) is 5.75 Å². The van der Waals surface area contributed by atoms with Crippen molar-refractivity contribution in [3.05, 3.63) is 58.6 Å². The largest absolute Gasteiger partial charge is 0.480 e. The van der Waals surface area contributed by atoms with Crippen LogP contribution in [0.1, 0.15) is 18.1 Å². The molecule has 1 N–H and O–H groups in total. The smallest absolute Gasteiger partial charge is 0.265 e. The van der Waals surface area contributed by atoms with Crippen molar-refractivity contribution in [3.63, 3.8) is 0 Å². The minimum absolute atomic E-state index is 0.0346. The molecule has 2 aromatic rings. The van der Waals surface area contributed by atoms with Crippen molar-refractivity contribution in [2.24, 2.45) is 0 Å². The first kappa shape index (κ1) is 17.3. The van der Waals surface area contributed by atoms with Crippen molar-refractivity contribution < 1.29 is 14.3 Å². The summed E-state index contributed by atoms with van der Waals surface area (Å²) >= 11 is 5.99. The van der Waals surface area contributed by atoms with Crippen LogP contribution in [-0.4, -0.2) is 29.9 Å². The zero-order chi connectivity index (χ0) is 18.0. The van der Waals surface area contributed by atoms with E-state index in [4.69, 9.17) is 16.3 Å². The van der Waals surface area contributed by atoms with Gasteiger partial charge in [0.15, 0.2) is 6.10 Å². The molecule has 1 atom stereocenters. The third-order valence-corrected chi connectivity index (χ3v) is 4.44. The number of para-hydroxylation sites is 1. The molecule has 2 amide bonds. The summed E-state index contributed by atoms with van der Waals surface area (Å²) in [5.74, 6) is 0.437. The van der Waals surface area contributed by atoms with Gasteiger partial charge in [-0.1, -0.05) is 29.8 Å². The number of hydrogen-bond acceptors (Lipinski definition) is 3. The second kappa shape index (κ2) is 7.15. The van der Waals surface area contributed by atoms with Crippen molar-refractivity contribution in [2.45, 2.75) is 26.0 Å². The number of amides is 2. The average Bonchev–Trinajstić information content (AvgIpc) is 2.99. The molecule has 0 aliphatic carbocycles. The predicted molar refractivity (Wildman–Crippen MR) is 96.8 cm³/mol. The first-order chi connectivity index (χ1) is 11.9. The molecule has 0 spiro atoms. The van der Waals surface area contributed by atoms with Gasteiger partial charge in [-0.05, 0) is 35.4 Å². The van der Waals surface area contributed by atoms with E-state index in [2.05, 4.69) is 5.32 Å². The standard InChI is InChI=1S/C19H19ClN2O3/c1-12(23)22(2)11-13-5-3-4-6-16(13)21-19(24)18-10-14-9-15(20)7-8-17(14)25-18/h3-9,18H,10-11H2,1-2H3,(H,21,24). The Morgan fingerprint density at radius 2 is 2.04 bits per heavy atom.